The van der Waals surface area contributed by atoms with E-state index in [1.807, 2.05) is 42.5 Å². The van der Waals surface area contributed by atoms with Crippen molar-refractivity contribution in [2.45, 2.75) is 64.5 Å². The van der Waals surface area contributed by atoms with Gasteiger partial charge in [-0.1, -0.05) is 74.4 Å². The van der Waals surface area contributed by atoms with Crippen molar-refractivity contribution in [1.82, 2.24) is 0 Å². The van der Waals surface area contributed by atoms with Crippen LogP contribution in [-0.2, 0) is 10.8 Å². The first kappa shape index (κ1) is 31.5. The number of phenols is 1. The number of rotatable bonds is 16. The fraction of sp³-hybridized carbons (Fsp3) is 0.394. The van der Waals surface area contributed by atoms with Gasteiger partial charge in [0.25, 0.3) is 0 Å². The smallest absolute Gasteiger partial charge is 0.389 e. The van der Waals surface area contributed by atoms with Gasteiger partial charge in [0, 0.05) is 28.7 Å². The summed E-state index contributed by atoms with van der Waals surface area (Å²) in [6.45, 7) is 2.74. The molecule has 7 heteroatoms. The van der Waals surface area contributed by atoms with Crippen LogP contribution in [0.3, 0.4) is 0 Å². The Kier molecular flexibility index (Phi) is 12.8. The molecule has 1 atom stereocenters. The van der Waals surface area contributed by atoms with Crippen molar-refractivity contribution in [3.63, 3.8) is 0 Å². The van der Waals surface area contributed by atoms with Gasteiger partial charge in [-0.25, -0.2) is 0 Å². The molecule has 3 aromatic carbocycles. The fourth-order valence-electron chi connectivity index (χ4n) is 4.62. The highest BCUT2D eigenvalue weighted by Gasteiger charge is 2.25. The van der Waals surface area contributed by atoms with Crippen LogP contribution in [0.1, 0.15) is 75.0 Å². The lowest BCUT2D eigenvalue weighted by Crippen LogP contribution is -2.08. The molecular formula is C33H39F3O3S. The average molecular weight is 573 g/mol. The van der Waals surface area contributed by atoms with Gasteiger partial charge in [0.05, 0.1) is 6.61 Å². The number of halogens is 3. The second-order valence-corrected chi connectivity index (χ2v) is 11.5. The first-order chi connectivity index (χ1) is 19.3. The monoisotopic (exact) mass is 572 g/mol. The van der Waals surface area contributed by atoms with Crippen LogP contribution in [0.4, 0.5) is 13.2 Å². The minimum absolute atomic E-state index is 0.0504. The summed E-state index contributed by atoms with van der Waals surface area (Å²) in [6.07, 6.45) is -0.0850. The van der Waals surface area contributed by atoms with Crippen LogP contribution in [0, 0.1) is 0 Å². The number of alkyl halides is 3. The minimum Gasteiger partial charge on any atom is -0.508 e. The first-order valence-electron chi connectivity index (χ1n) is 14.0. The maximum Gasteiger partial charge on any atom is 0.389 e. The largest absolute Gasteiger partial charge is 0.508 e. The molecule has 0 amide bonds. The van der Waals surface area contributed by atoms with Gasteiger partial charge in [0.15, 0.2) is 0 Å². The molecule has 0 aliphatic carbocycles. The van der Waals surface area contributed by atoms with Crippen molar-refractivity contribution < 1.29 is 27.2 Å². The third-order valence-corrected chi connectivity index (χ3v) is 8.18. The van der Waals surface area contributed by atoms with E-state index in [0.29, 0.717) is 24.5 Å². The zero-order valence-corrected chi connectivity index (χ0v) is 23.9. The molecule has 0 spiro atoms. The van der Waals surface area contributed by atoms with E-state index in [-0.39, 0.29) is 12.2 Å². The normalized spacial score (nSPS) is 13.1. The fourth-order valence-corrected chi connectivity index (χ4v) is 5.88. The van der Waals surface area contributed by atoms with E-state index >= 15 is 0 Å². The van der Waals surface area contributed by atoms with Crippen molar-refractivity contribution >= 4 is 21.9 Å². The van der Waals surface area contributed by atoms with Crippen molar-refractivity contribution in [1.29, 1.82) is 0 Å². The Hall–Kier alpha value is -3.06. The van der Waals surface area contributed by atoms with E-state index < -0.39 is 23.4 Å². The molecule has 216 valence electrons. The van der Waals surface area contributed by atoms with E-state index in [0.717, 1.165) is 54.6 Å². The van der Waals surface area contributed by atoms with Crippen molar-refractivity contribution in [3.05, 3.63) is 95.6 Å². The van der Waals surface area contributed by atoms with E-state index in [1.54, 1.807) is 12.1 Å². The second kappa shape index (κ2) is 16.3. The highest BCUT2D eigenvalue weighted by atomic mass is 32.2. The maximum absolute atomic E-state index is 12.2. The maximum atomic E-state index is 12.2. The third-order valence-electron chi connectivity index (χ3n) is 6.69. The topological polar surface area (TPSA) is 46.5 Å². The standard InChI is InChI=1S/C33H39F3O3S/c1-2-31(26-12-6-5-7-13-26)32(27-14-18-29(37)19-15-27)28-16-20-30(21-17-28)39-23-9-3-4-10-24-40(38)25-11-8-22-33(34,35)36/h5-7,12-21,37H,2-4,8-11,22-25H2,1H3/b32-31-. The molecule has 0 aliphatic rings. The first-order valence-corrected chi connectivity index (χ1v) is 15.5. The number of hydrogen-bond acceptors (Lipinski definition) is 3. The molecule has 0 fully saturated rings. The zero-order chi connectivity index (χ0) is 28.8. The van der Waals surface area contributed by atoms with Gasteiger partial charge in [-0.05, 0) is 84.2 Å². The number of allylic oxidation sites excluding steroid dienone is 1. The summed E-state index contributed by atoms with van der Waals surface area (Å²) < 4.78 is 54.4. The minimum atomic E-state index is -4.12. The van der Waals surface area contributed by atoms with Crippen LogP contribution in [0.5, 0.6) is 11.5 Å². The Morgan fingerprint density at radius 2 is 1.32 bits per heavy atom. The molecule has 40 heavy (non-hydrogen) atoms. The van der Waals surface area contributed by atoms with Crippen molar-refractivity contribution in [2.75, 3.05) is 18.1 Å². The summed E-state index contributed by atoms with van der Waals surface area (Å²) >= 11 is 0. The summed E-state index contributed by atoms with van der Waals surface area (Å²) in [5.41, 5.74) is 5.62. The number of hydrogen-bond donors (Lipinski definition) is 1. The highest BCUT2D eigenvalue weighted by molar-refractivity contribution is 7.84. The Bertz CT molecular complexity index is 1200. The second-order valence-electron chi connectivity index (χ2n) is 9.83. The number of benzene rings is 3. The molecule has 3 nitrogen and oxygen atoms in total. The Morgan fingerprint density at radius 3 is 1.93 bits per heavy atom. The van der Waals surface area contributed by atoms with E-state index in [9.17, 15) is 22.5 Å². The van der Waals surface area contributed by atoms with Gasteiger partial charge in [-0.3, -0.25) is 4.21 Å². The van der Waals surface area contributed by atoms with Crippen molar-refractivity contribution in [3.8, 4) is 11.5 Å². The number of aromatic hydroxyl groups is 1. The van der Waals surface area contributed by atoms with Crippen LogP contribution in [-0.4, -0.2) is 33.6 Å². The van der Waals surface area contributed by atoms with Crippen molar-refractivity contribution in [2.24, 2.45) is 0 Å². The van der Waals surface area contributed by atoms with E-state index in [4.69, 9.17) is 4.74 Å². The van der Waals surface area contributed by atoms with Crippen LogP contribution < -0.4 is 4.74 Å². The quantitative estimate of drug-likeness (QED) is 0.137. The Morgan fingerprint density at radius 1 is 0.750 bits per heavy atom. The lowest BCUT2D eigenvalue weighted by atomic mass is 9.88. The van der Waals surface area contributed by atoms with Gasteiger partial charge in [0.2, 0.25) is 0 Å². The lowest BCUT2D eigenvalue weighted by molar-refractivity contribution is -0.135. The molecule has 3 rings (SSSR count). The molecule has 1 N–H and O–H groups in total. The van der Waals surface area contributed by atoms with Gasteiger partial charge in [-0.15, -0.1) is 0 Å². The summed E-state index contributed by atoms with van der Waals surface area (Å²) in [4.78, 5) is 0. The predicted molar refractivity (Wildman–Crippen MR) is 159 cm³/mol. The van der Waals surface area contributed by atoms with Crippen LogP contribution in [0.2, 0.25) is 0 Å². The van der Waals surface area contributed by atoms with Crippen LogP contribution in [0.25, 0.3) is 11.1 Å². The third kappa shape index (κ3) is 10.8. The number of unbranched alkanes of at least 4 members (excludes halogenated alkanes) is 4. The molecule has 3 aromatic rings. The average Bonchev–Trinajstić information content (AvgIpc) is 2.94. The summed E-state index contributed by atoms with van der Waals surface area (Å²) in [6, 6.07) is 25.7. The van der Waals surface area contributed by atoms with E-state index in [1.165, 1.54) is 11.1 Å². The van der Waals surface area contributed by atoms with Gasteiger partial charge in [-0.2, -0.15) is 13.2 Å². The highest BCUT2D eigenvalue weighted by Crippen LogP contribution is 2.35. The van der Waals surface area contributed by atoms with Crippen LogP contribution >= 0.6 is 0 Å². The zero-order valence-electron chi connectivity index (χ0n) is 23.1. The molecule has 0 heterocycles. The molecule has 0 saturated carbocycles. The Balaban J connectivity index is 1.49. The van der Waals surface area contributed by atoms with Crippen LogP contribution in [0.15, 0.2) is 78.9 Å². The predicted octanol–water partition coefficient (Wildman–Crippen LogP) is 9.18. The van der Waals surface area contributed by atoms with E-state index in [2.05, 4.69) is 31.2 Å². The van der Waals surface area contributed by atoms with Gasteiger partial charge < -0.3 is 9.84 Å². The number of phenolic OH excluding ortho intramolecular Hbond substituents is 1. The molecule has 0 aromatic heterocycles. The summed E-state index contributed by atoms with van der Waals surface area (Å²) in [5, 5.41) is 9.82. The summed E-state index contributed by atoms with van der Waals surface area (Å²) in [7, 11) is -1.04. The lowest BCUT2D eigenvalue weighted by Gasteiger charge is -2.17. The molecule has 0 radical (unpaired) electrons. The Labute approximate surface area is 238 Å². The molecule has 0 saturated heterocycles. The summed E-state index contributed by atoms with van der Waals surface area (Å²) in [5.74, 6) is 1.93. The van der Waals surface area contributed by atoms with Gasteiger partial charge >= 0.3 is 6.18 Å². The molecule has 1 unspecified atom stereocenters. The number of ether oxygens (including phenoxy) is 1. The molecule has 0 bridgehead atoms. The molecular weight excluding hydrogens is 533 g/mol. The SMILES string of the molecule is CC/C(=C(\c1ccc(O)cc1)c1ccc(OCCCCCCS(=O)CCCCC(F)(F)F)cc1)c1ccccc1. The van der Waals surface area contributed by atoms with Gasteiger partial charge in [0.1, 0.15) is 11.5 Å². The molecule has 0 aliphatic heterocycles.